The fraction of sp³-hybridized carbons (Fsp3) is 0.333. The Morgan fingerprint density at radius 1 is 1.47 bits per heavy atom. The topological polar surface area (TPSA) is 53.4 Å². The number of hydrogen-bond acceptors (Lipinski definition) is 4. The number of hydrogen-bond donors (Lipinski definition) is 1. The number of thiazole rings is 1. The standard InChI is InChI=1S/C12H12F2N2O2S/c13-11(14)6-16(3-4-17)12(18)8-1-2-9-10(5-8)19-7-15-9/h1-2,5,7,11,17H,3-4,6H2. The van der Waals surface area contributed by atoms with Crippen molar-refractivity contribution >= 4 is 27.5 Å². The van der Waals surface area contributed by atoms with E-state index in [1.165, 1.54) is 11.3 Å². The van der Waals surface area contributed by atoms with E-state index in [1.807, 2.05) is 0 Å². The molecule has 19 heavy (non-hydrogen) atoms. The van der Waals surface area contributed by atoms with Crippen molar-refractivity contribution in [1.29, 1.82) is 0 Å². The van der Waals surface area contributed by atoms with Gasteiger partial charge in [0.1, 0.15) is 0 Å². The molecular weight excluding hydrogens is 274 g/mol. The molecule has 7 heteroatoms. The number of carbonyl (C=O) groups excluding carboxylic acids is 1. The molecule has 0 saturated carbocycles. The summed E-state index contributed by atoms with van der Waals surface area (Å²) in [5.74, 6) is -0.510. The molecule has 1 aromatic carbocycles. The van der Waals surface area contributed by atoms with Gasteiger partial charge in [-0.05, 0) is 18.2 Å². The summed E-state index contributed by atoms with van der Waals surface area (Å²) >= 11 is 1.38. The summed E-state index contributed by atoms with van der Waals surface area (Å²) in [5.41, 5.74) is 2.75. The van der Waals surface area contributed by atoms with Crippen molar-refractivity contribution in [3.05, 3.63) is 29.3 Å². The Morgan fingerprint density at radius 2 is 2.26 bits per heavy atom. The molecule has 0 aliphatic rings. The van der Waals surface area contributed by atoms with E-state index in [0.29, 0.717) is 5.56 Å². The van der Waals surface area contributed by atoms with E-state index < -0.39 is 18.9 Å². The zero-order chi connectivity index (χ0) is 13.8. The van der Waals surface area contributed by atoms with E-state index in [-0.39, 0.29) is 13.2 Å². The van der Waals surface area contributed by atoms with E-state index in [4.69, 9.17) is 5.11 Å². The third-order valence-electron chi connectivity index (χ3n) is 2.59. The molecule has 0 unspecified atom stereocenters. The van der Waals surface area contributed by atoms with Crippen molar-refractivity contribution in [3.63, 3.8) is 0 Å². The normalized spacial score (nSPS) is 11.2. The summed E-state index contributed by atoms with van der Waals surface area (Å²) in [6.07, 6.45) is -2.62. The summed E-state index contributed by atoms with van der Waals surface area (Å²) in [7, 11) is 0. The van der Waals surface area contributed by atoms with Crippen LogP contribution in [0.1, 0.15) is 10.4 Å². The lowest BCUT2D eigenvalue weighted by Crippen LogP contribution is -2.37. The Kier molecular flexibility index (Phi) is 4.39. The molecule has 0 radical (unpaired) electrons. The van der Waals surface area contributed by atoms with Crippen LogP contribution in [0, 0.1) is 0 Å². The second-order valence-electron chi connectivity index (χ2n) is 3.90. The molecule has 0 bridgehead atoms. The number of alkyl halides is 2. The zero-order valence-electron chi connectivity index (χ0n) is 9.92. The Hall–Kier alpha value is -1.60. The van der Waals surface area contributed by atoms with Crippen LogP contribution in [0.5, 0.6) is 0 Å². The van der Waals surface area contributed by atoms with Crippen LogP contribution >= 0.6 is 11.3 Å². The molecular formula is C12H12F2N2O2S. The van der Waals surface area contributed by atoms with Crippen molar-refractivity contribution in [2.45, 2.75) is 6.43 Å². The van der Waals surface area contributed by atoms with Gasteiger partial charge in [-0.1, -0.05) is 0 Å². The lowest BCUT2D eigenvalue weighted by Gasteiger charge is -2.21. The number of rotatable bonds is 5. The molecule has 0 spiro atoms. The van der Waals surface area contributed by atoms with Gasteiger partial charge in [-0.15, -0.1) is 11.3 Å². The van der Waals surface area contributed by atoms with Gasteiger partial charge in [0.2, 0.25) is 0 Å². The van der Waals surface area contributed by atoms with E-state index in [2.05, 4.69) is 4.98 Å². The summed E-state index contributed by atoms with van der Waals surface area (Å²) in [6, 6.07) is 4.87. The van der Waals surface area contributed by atoms with Gasteiger partial charge in [0, 0.05) is 12.1 Å². The lowest BCUT2D eigenvalue weighted by molar-refractivity contribution is 0.0509. The van der Waals surface area contributed by atoms with Gasteiger partial charge in [-0.25, -0.2) is 13.8 Å². The number of fused-ring (bicyclic) bond motifs is 1. The number of halogens is 2. The Balaban J connectivity index is 2.24. The third-order valence-corrected chi connectivity index (χ3v) is 3.39. The minimum atomic E-state index is -2.62. The van der Waals surface area contributed by atoms with Gasteiger partial charge in [0.05, 0.1) is 28.9 Å². The fourth-order valence-corrected chi connectivity index (χ4v) is 2.45. The molecule has 0 atom stereocenters. The maximum atomic E-state index is 12.4. The largest absolute Gasteiger partial charge is 0.395 e. The molecule has 2 rings (SSSR count). The average molecular weight is 286 g/mol. The molecule has 0 aliphatic heterocycles. The molecule has 0 saturated heterocycles. The van der Waals surface area contributed by atoms with Crippen molar-refractivity contribution in [3.8, 4) is 0 Å². The minimum absolute atomic E-state index is 0.107. The van der Waals surface area contributed by atoms with Crippen molar-refractivity contribution < 1.29 is 18.7 Å². The molecule has 1 heterocycles. The number of amides is 1. The highest BCUT2D eigenvalue weighted by Gasteiger charge is 2.19. The number of carbonyl (C=O) groups is 1. The van der Waals surface area contributed by atoms with Crippen LogP contribution in [0.4, 0.5) is 8.78 Å². The third kappa shape index (κ3) is 3.24. The van der Waals surface area contributed by atoms with Crippen LogP contribution in [-0.2, 0) is 0 Å². The van der Waals surface area contributed by atoms with Crippen LogP contribution < -0.4 is 0 Å². The maximum Gasteiger partial charge on any atom is 0.255 e. The summed E-state index contributed by atoms with van der Waals surface area (Å²) in [5, 5.41) is 8.84. The molecule has 1 N–H and O–H groups in total. The summed E-state index contributed by atoms with van der Waals surface area (Å²) < 4.78 is 25.6. The van der Waals surface area contributed by atoms with Crippen LogP contribution in [0.3, 0.4) is 0 Å². The maximum absolute atomic E-state index is 12.4. The van der Waals surface area contributed by atoms with Crippen LogP contribution in [-0.4, -0.2) is 47.0 Å². The van der Waals surface area contributed by atoms with E-state index in [9.17, 15) is 13.6 Å². The molecule has 4 nitrogen and oxygen atoms in total. The molecule has 0 aliphatic carbocycles. The first-order valence-corrected chi connectivity index (χ1v) is 6.51. The predicted octanol–water partition coefficient (Wildman–Crippen LogP) is 2.00. The first-order valence-electron chi connectivity index (χ1n) is 5.63. The van der Waals surface area contributed by atoms with E-state index in [1.54, 1.807) is 23.7 Å². The zero-order valence-corrected chi connectivity index (χ0v) is 10.7. The fourth-order valence-electron chi connectivity index (χ4n) is 1.73. The Bertz CT molecular complexity index is 574. The summed E-state index contributed by atoms with van der Waals surface area (Å²) in [6.45, 7) is -1.13. The highest BCUT2D eigenvalue weighted by molar-refractivity contribution is 7.16. The Morgan fingerprint density at radius 3 is 2.95 bits per heavy atom. The van der Waals surface area contributed by atoms with Crippen molar-refractivity contribution in [1.82, 2.24) is 9.88 Å². The number of nitrogens with zero attached hydrogens (tertiary/aromatic N) is 2. The van der Waals surface area contributed by atoms with Gasteiger partial charge in [0.15, 0.2) is 0 Å². The van der Waals surface area contributed by atoms with Crippen molar-refractivity contribution in [2.75, 3.05) is 19.7 Å². The number of aliphatic hydroxyl groups is 1. The van der Waals surface area contributed by atoms with Crippen LogP contribution in [0.25, 0.3) is 10.2 Å². The van der Waals surface area contributed by atoms with Gasteiger partial charge in [0.25, 0.3) is 12.3 Å². The number of aliphatic hydroxyl groups excluding tert-OH is 1. The quantitative estimate of drug-likeness (QED) is 0.914. The molecule has 1 amide bonds. The minimum Gasteiger partial charge on any atom is -0.395 e. The van der Waals surface area contributed by atoms with E-state index >= 15 is 0 Å². The molecule has 1 aromatic heterocycles. The van der Waals surface area contributed by atoms with Gasteiger partial charge < -0.3 is 10.0 Å². The molecule has 2 aromatic rings. The first-order chi connectivity index (χ1) is 9.11. The second kappa shape index (κ2) is 6.03. The van der Waals surface area contributed by atoms with Crippen molar-refractivity contribution in [2.24, 2.45) is 0 Å². The first kappa shape index (κ1) is 13.8. The van der Waals surface area contributed by atoms with Gasteiger partial charge in [-0.2, -0.15) is 0 Å². The number of benzene rings is 1. The highest BCUT2D eigenvalue weighted by atomic mass is 32.1. The SMILES string of the molecule is O=C(c1ccc2ncsc2c1)N(CCO)CC(F)F. The highest BCUT2D eigenvalue weighted by Crippen LogP contribution is 2.20. The predicted molar refractivity (Wildman–Crippen MR) is 68.6 cm³/mol. The molecule has 102 valence electrons. The lowest BCUT2D eigenvalue weighted by atomic mass is 10.2. The van der Waals surface area contributed by atoms with Crippen LogP contribution in [0.15, 0.2) is 23.7 Å². The number of aromatic nitrogens is 1. The van der Waals surface area contributed by atoms with Crippen LogP contribution in [0.2, 0.25) is 0 Å². The summed E-state index contributed by atoms with van der Waals surface area (Å²) in [4.78, 5) is 17.1. The second-order valence-corrected chi connectivity index (χ2v) is 4.79. The van der Waals surface area contributed by atoms with Gasteiger partial charge >= 0.3 is 0 Å². The smallest absolute Gasteiger partial charge is 0.255 e. The average Bonchev–Trinajstić information content (AvgIpc) is 2.84. The monoisotopic (exact) mass is 286 g/mol. The Labute approximate surface area is 112 Å². The molecule has 0 fully saturated rings. The van der Waals surface area contributed by atoms with E-state index in [0.717, 1.165) is 15.1 Å². The van der Waals surface area contributed by atoms with Gasteiger partial charge in [-0.3, -0.25) is 4.79 Å².